The number of hydrogen-bond donors (Lipinski definition) is 1. The molecule has 0 fully saturated rings. The van der Waals surface area contributed by atoms with E-state index in [0.717, 1.165) is 0 Å². The molecule has 0 heterocycles. The Balaban J connectivity index is 2.27. The fourth-order valence-electron chi connectivity index (χ4n) is 2.38. The molecule has 8 heteroatoms. The van der Waals surface area contributed by atoms with Gasteiger partial charge in [0.25, 0.3) is 5.69 Å². The molecule has 0 spiro atoms. The summed E-state index contributed by atoms with van der Waals surface area (Å²) in [5, 5.41) is 14.2. The minimum absolute atomic E-state index is 0.195. The number of nitro groups is 1. The molecule has 0 aromatic heterocycles. The second kappa shape index (κ2) is 8.11. The van der Waals surface area contributed by atoms with Gasteiger partial charge in [0.05, 0.1) is 19.1 Å². The van der Waals surface area contributed by atoms with Gasteiger partial charge in [0.2, 0.25) is 0 Å². The molecule has 0 aliphatic carbocycles. The van der Waals surface area contributed by atoms with E-state index in [-0.39, 0.29) is 34.8 Å². The van der Waals surface area contributed by atoms with Gasteiger partial charge in [-0.3, -0.25) is 14.9 Å². The predicted molar refractivity (Wildman–Crippen MR) is 94.8 cm³/mol. The van der Waals surface area contributed by atoms with Gasteiger partial charge in [0, 0.05) is 18.2 Å². The third-order valence-corrected chi connectivity index (χ3v) is 3.75. The van der Waals surface area contributed by atoms with E-state index in [9.17, 15) is 19.7 Å². The van der Waals surface area contributed by atoms with Crippen molar-refractivity contribution < 1.29 is 24.0 Å². The first-order valence-corrected chi connectivity index (χ1v) is 7.65. The van der Waals surface area contributed by atoms with Crippen LogP contribution in [0.3, 0.4) is 0 Å². The maximum Gasteiger partial charge on any atom is 0.341 e. The van der Waals surface area contributed by atoms with E-state index in [1.165, 1.54) is 39.3 Å². The number of esters is 1. The van der Waals surface area contributed by atoms with E-state index in [1.807, 2.05) is 0 Å². The van der Waals surface area contributed by atoms with Crippen LogP contribution in [0, 0.1) is 10.1 Å². The van der Waals surface area contributed by atoms with Crippen molar-refractivity contribution in [1.82, 2.24) is 0 Å². The van der Waals surface area contributed by atoms with Crippen LogP contribution in [0.5, 0.6) is 5.75 Å². The standard InChI is InChI=1S/C18H18N2O6/c1-11(21)13-5-6-15(16(9-13)20(23)24)19-10-12-4-7-17(25-2)14(8-12)18(22)26-3/h4-9,19H,10H2,1-3H3. The van der Waals surface area contributed by atoms with Gasteiger partial charge in [0.15, 0.2) is 5.78 Å². The average Bonchev–Trinajstić information content (AvgIpc) is 2.65. The topological polar surface area (TPSA) is 108 Å². The molecule has 0 amide bonds. The Labute approximate surface area is 149 Å². The molecule has 0 bridgehead atoms. The number of nitro benzene ring substituents is 1. The molecular formula is C18H18N2O6. The minimum atomic E-state index is -0.553. The zero-order valence-electron chi connectivity index (χ0n) is 14.6. The maximum atomic E-state index is 11.8. The highest BCUT2D eigenvalue weighted by Crippen LogP contribution is 2.27. The van der Waals surface area contributed by atoms with Gasteiger partial charge in [-0.15, -0.1) is 0 Å². The molecule has 8 nitrogen and oxygen atoms in total. The summed E-state index contributed by atoms with van der Waals surface area (Å²) in [7, 11) is 2.71. The Morgan fingerprint density at radius 1 is 1.15 bits per heavy atom. The molecule has 0 aliphatic rings. The Kier molecular flexibility index (Phi) is 5.90. The quantitative estimate of drug-likeness (QED) is 0.350. The SMILES string of the molecule is COC(=O)c1cc(CNc2ccc(C(C)=O)cc2[N+](=O)[O-])ccc1OC. The molecule has 0 aliphatic heterocycles. The smallest absolute Gasteiger partial charge is 0.341 e. The van der Waals surface area contributed by atoms with Crippen LogP contribution >= 0.6 is 0 Å². The molecule has 0 saturated heterocycles. The van der Waals surface area contributed by atoms with Gasteiger partial charge in [-0.25, -0.2) is 4.79 Å². The predicted octanol–water partition coefficient (Wildman–Crippen LogP) is 3.20. The Morgan fingerprint density at radius 2 is 1.88 bits per heavy atom. The molecule has 1 N–H and O–H groups in total. The van der Waals surface area contributed by atoms with Gasteiger partial charge in [-0.2, -0.15) is 0 Å². The lowest BCUT2D eigenvalue weighted by molar-refractivity contribution is -0.384. The highest BCUT2D eigenvalue weighted by atomic mass is 16.6. The first kappa shape index (κ1) is 18.9. The van der Waals surface area contributed by atoms with Crippen LogP contribution in [0.25, 0.3) is 0 Å². The fourth-order valence-corrected chi connectivity index (χ4v) is 2.38. The van der Waals surface area contributed by atoms with Gasteiger partial charge < -0.3 is 14.8 Å². The number of ether oxygens (including phenoxy) is 2. The third kappa shape index (κ3) is 4.15. The number of carbonyl (C=O) groups excluding carboxylic acids is 2. The molecule has 2 aromatic rings. The van der Waals surface area contributed by atoms with Crippen molar-refractivity contribution in [3.63, 3.8) is 0 Å². The van der Waals surface area contributed by atoms with Crippen LogP contribution in [-0.2, 0) is 11.3 Å². The second-order valence-corrected chi connectivity index (χ2v) is 5.42. The van der Waals surface area contributed by atoms with Gasteiger partial charge in [0.1, 0.15) is 17.0 Å². The monoisotopic (exact) mass is 358 g/mol. The van der Waals surface area contributed by atoms with Crippen LogP contribution < -0.4 is 10.1 Å². The highest BCUT2D eigenvalue weighted by molar-refractivity contribution is 5.95. The summed E-state index contributed by atoms with van der Waals surface area (Å²) in [5.74, 6) is -0.421. The lowest BCUT2D eigenvalue weighted by Crippen LogP contribution is -2.07. The van der Waals surface area contributed by atoms with E-state index in [1.54, 1.807) is 18.2 Å². The summed E-state index contributed by atoms with van der Waals surface area (Å²) in [6.07, 6.45) is 0. The van der Waals surface area contributed by atoms with Crippen molar-refractivity contribution in [3.8, 4) is 5.75 Å². The summed E-state index contributed by atoms with van der Waals surface area (Å²) >= 11 is 0. The molecular weight excluding hydrogens is 340 g/mol. The molecule has 0 saturated carbocycles. The molecule has 0 radical (unpaired) electrons. The maximum absolute atomic E-state index is 11.8. The number of benzene rings is 2. The molecule has 2 aromatic carbocycles. The van der Waals surface area contributed by atoms with Crippen molar-refractivity contribution in [1.29, 1.82) is 0 Å². The molecule has 26 heavy (non-hydrogen) atoms. The van der Waals surface area contributed by atoms with Gasteiger partial charge >= 0.3 is 5.97 Å². The van der Waals surface area contributed by atoms with Gasteiger partial charge in [-0.1, -0.05) is 6.07 Å². The number of nitrogens with one attached hydrogen (secondary N) is 1. The first-order chi connectivity index (χ1) is 12.4. The largest absolute Gasteiger partial charge is 0.496 e. The minimum Gasteiger partial charge on any atom is -0.496 e. The number of rotatable bonds is 7. The van der Waals surface area contributed by atoms with Crippen LogP contribution in [0.4, 0.5) is 11.4 Å². The van der Waals surface area contributed by atoms with Gasteiger partial charge in [-0.05, 0) is 36.8 Å². The number of anilines is 1. The Morgan fingerprint density at radius 3 is 2.46 bits per heavy atom. The van der Waals surface area contributed by atoms with Crippen molar-refractivity contribution in [2.75, 3.05) is 19.5 Å². The first-order valence-electron chi connectivity index (χ1n) is 7.65. The average molecular weight is 358 g/mol. The van der Waals surface area contributed by atoms with E-state index in [0.29, 0.717) is 11.3 Å². The van der Waals surface area contributed by atoms with Crippen LogP contribution in [0.15, 0.2) is 36.4 Å². The van der Waals surface area contributed by atoms with Crippen LogP contribution in [0.2, 0.25) is 0 Å². The van der Waals surface area contributed by atoms with E-state index < -0.39 is 10.9 Å². The van der Waals surface area contributed by atoms with E-state index in [4.69, 9.17) is 9.47 Å². The number of hydrogen-bond acceptors (Lipinski definition) is 7. The summed E-state index contributed by atoms with van der Waals surface area (Å²) in [6.45, 7) is 1.58. The number of Topliss-reactive ketones (excluding diaryl/α,β-unsaturated/α-hetero) is 1. The lowest BCUT2D eigenvalue weighted by Gasteiger charge is -2.11. The van der Waals surface area contributed by atoms with Crippen molar-refractivity contribution in [2.24, 2.45) is 0 Å². The zero-order valence-corrected chi connectivity index (χ0v) is 14.6. The normalized spacial score (nSPS) is 10.1. The van der Waals surface area contributed by atoms with Crippen LogP contribution in [0.1, 0.15) is 33.2 Å². The molecule has 0 unspecified atom stereocenters. The zero-order chi connectivity index (χ0) is 19.3. The Hall–Kier alpha value is -3.42. The van der Waals surface area contributed by atoms with Crippen LogP contribution in [-0.4, -0.2) is 30.9 Å². The van der Waals surface area contributed by atoms with E-state index >= 15 is 0 Å². The van der Waals surface area contributed by atoms with E-state index in [2.05, 4.69) is 5.32 Å². The van der Waals surface area contributed by atoms with Crippen molar-refractivity contribution in [2.45, 2.75) is 13.5 Å². The number of carbonyl (C=O) groups is 2. The summed E-state index contributed by atoms with van der Waals surface area (Å²) in [6, 6.07) is 9.18. The van der Waals surface area contributed by atoms with Crippen molar-refractivity contribution in [3.05, 3.63) is 63.2 Å². The molecule has 136 valence electrons. The number of methoxy groups -OCH3 is 2. The summed E-state index contributed by atoms with van der Waals surface area (Å²) in [4.78, 5) is 33.9. The summed E-state index contributed by atoms with van der Waals surface area (Å²) < 4.78 is 9.85. The third-order valence-electron chi connectivity index (χ3n) is 3.75. The number of ketones is 1. The van der Waals surface area contributed by atoms with Crippen molar-refractivity contribution >= 4 is 23.1 Å². The second-order valence-electron chi connectivity index (χ2n) is 5.42. The lowest BCUT2D eigenvalue weighted by atomic mass is 10.1. The molecule has 0 atom stereocenters. The Bertz CT molecular complexity index is 863. The highest BCUT2D eigenvalue weighted by Gasteiger charge is 2.17. The number of nitrogens with zero attached hydrogens (tertiary/aromatic N) is 1. The summed E-state index contributed by atoms with van der Waals surface area (Å²) in [5.41, 5.74) is 1.31. The molecule has 2 rings (SSSR count). The fraction of sp³-hybridized carbons (Fsp3) is 0.222.